The van der Waals surface area contributed by atoms with Crippen LogP contribution in [-0.2, 0) is 0 Å². The maximum Gasteiger partial charge on any atom is 0.270 e. The second kappa shape index (κ2) is 8.29. The summed E-state index contributed by atoms with van der Waals surface area (Å²) in [7, 11) is 3.16. The van der Waals surface area contributed by atoms with Crippen LogP contribution >= 0.6 is 11.6 Å². The topological polar surface area (TPSA) is 86.4 Å². The van der Waals surface area contributed by atoms with Gasteiger partial charge in [-0.3, -0.25) is 10.1 Å². The van der Waals surface area contributed by atoms with Crippen molar-refractivity contribution in [2.75, 3.05) is 14.2 Å². The third-order valence-corrected chi connectivity index (χ3v) is 6.11. The number of nitro benzene ring substituents is 1. The highest BCUT2D eigenvalue weighted by atomic mass is 35.5. The average Bonchev–Trinajstić information content (AvgIpc) is 3.29. The lowest BCUT2D eigenvalue weighted by atomic mass is 9.95. The summed E-state index contributed by atoms with van der Waals surface area (Å²) >= 11 is 6.05. The summed E-state index contributed by atoms with van der Waals surface area (Å²) in [6, 6.07) is 17.5. The molecule has 0 saturated carbocycles. The lowest BCUT2D eigenvalue weighted by Crippen LogP contribution is -2.33. The van der Waals surface area contributed by atoms with Gasteiger partial charge in [-0.2, -0.15) is 5.10 Å². The van der Waals surface area contributed by atoms with Crippen molar-refractivity contribution in [3.05, 3.63) is 92.5 Å². The summed E-state index contributed by atoms with van der Waals surface area (Å²) in [5, 5.41) is 18.8. The molecular formula is C24H20ClN3O5. The minimum atomic E-state index is -0.548. The standard InChI is InChI=1S/C24H20ClN3O5/c1-31-22-9-5-15(11-23(22)32-2)24-27-20(13-19(26-27)14-3-6-16(25)7-4-14)18-12-17(28(29)30)8-10-21(18)33-24/h3-12,20,24H,13H2,1-2H3/t20-,24-/m0/s1. The van der Waals surface area contributed by atoms with E-state index < -0.39 is 11.2 Å². The third-order valence-electron chi connectivity index (χ3n) is 5.85. The van der Waals surface area contributed by atoms with E-state index in [1.54, 1.807) is 26.4 Å². The van der Waals surface area contributed by atoms with Crippen LogP contribution < -0.4 is 14.2 Å². The molecule has 33 heavy (non-hydrogen) atoms. The molecule has 8 nitrogen and oxygen atoms in total. The number of nitrogens with zero attached hydrogens (tertiary/aromatic N) is 3. The first-order valence-electron chi connectivity index (χ1n) is 10.3. The quantitative estimate of drug-likeness (QED) is 0.365. The van der Waals surface area contributed by atoms with Crippen LogP contribution in [0.25, 0.3) is 0 Å². The molecule has 0 aliphatic carbocycles. The molecule has 3 aromatic carbocycles. The van der Waals surface area contributed by atoms with Gasteiger partial charge in [0.2, 0.25) is 6.23 Å². The Morgan fingerprint density at radius 1 is 1.06 bits per heavy atom. The van der Waals surface area contributed by atoms with E-state index in [4.69, 9.17) is 30.9 Å². The number of ether oxygens (including phenoxy) is 3. The molecule has 0 aromatic heterocycles. The van der Waals surface area contributed by atoms with E-state index in [-0.39, 0.29) is 11.7 Å². The number of fused-ring (bicyclic) bond motifs is 3. The van der Waals surface area contributed by atoms with E-state index in [0.29, 0.717) is 28.7 Å². The van der Waals surface area contributed by atoms with Gasteiger partial charge in [-0.15, -0.1) is 0 Å². The normalized spacial score (nSPS) is 18.6. The largest absolute Gasteiger partial charge is 0.493 e. The molecule has 0 bridgehead atoms. The van der Waals surface area contributed by atoms with E-state index in [1.807, 2.05) is 47.5 Å². The fourth-order valence-corrected chi connectivity index (χ4v) is 4.36. The smallest absolute Gasteiger partial charge is 0.270 e. The maximum atomic E-state index is 11.4. The number of methoxy groups -OCH3 is 2. The van der Waals surface area contributed by atoms with Crippen molar-refractivity contribution >= 4 is 23.0 Å². The second-order valence-electron chi connectivity index (χ2n) is 7.72. The summed E-state index contributed by atoms with van der Waals surface area (Å²) in [6.45, 7) is 0. The van der Waals surface area contributed by atoms with Gasteiger partial charge in [0.05, 0.1) is 30.9 Å². The Hall–Kier alpha value is -3.78. The lowest BCUT2D eigenvalue weighted by Gasteiger charge is -2.38. The van der Waals surface area contributed by atoms with Crippen LogP contribution in [0, 0.1) is 10.1 Å². The number of hydrogen-bond donors (Lipinski definition) is 0. The number of hydrazone groups is 1. The number of hydrogen-bond acceptors (Lipinski definition) is 7. The van der Waals surface area contributed by atoms with Gasteiger partial charge in [0.15, 0.2) is 11.5 Å². The minimum Gasteiger partial charge on any atom is -0.493 e. The molecule has 2 aliphatic heterocycles. The molecule has 0 radical (unpaired) electrons. The summed E-state index contributed by atoms with van der Waals surface area (Å²) < 4.78 is 17.2. The zero-order chi connectivity index (χ0) is 23.1. The van der Waals surface area contributed by atoms with Crippen LogP contribution in [0.5, 0.6) is 17.2 Å². The Morgan fingerprint density at radius 2 is 1.82 bits per heavy atom. The Labute approximate surface area is 195 Å². The fourth-order valence-electron chi connectivity index (χ4n) is 4.23. The highest BCUT2D eigenvalue weighted by Gasteiger charge is 2.42. The van der Waals surface area contributed by atoms with Gasteiger partial charge in [0, 0.05) is 34.7 Å². The molecule has 2 atom stereocenters. The fraction of sp³-hybridized carbons (Fsp3) is 0.208. The van der Waals surface area contributed by atoms with Crippen molar-refractivity contribution in [2.45, 2.75) is 18.7 Å². The van der Waals surface area contributed by atoms with Gasteiger partial charge in [0.25, 0.3) is 5.69 Å². The number of nitro groups is 1. The van der Waals surface area contributed by atoms with Crippen LogP contribution in [0.4, 0.5) is 5.69 Å². The predicted molar refractivity (Wildman–Crippen MR) is 123 cm³/mol. The molecule has 2 aliphatic rings. The van der Waals surface area contributed by atoms with Crippen LogP contribution in [0.1, 0.15) is 35.4 Å². The number of halogens is 1. The first kappa shape index (κ1) is 21.1. The van der Waals surface area contributed by atoms with E-state index in [9.17, 15) is 10.1 Å². The second-order valence-corrected chi connectivity index (χ2v) is 8.15. The van der Waals surface area contributed by atoms with Crippen molar-refractivity contribution in [3.8, 4) is 17.2 Å². The molecular weight excluding hydrogens is 446 g/mol. The molecule has 0 saturated heterocycles. The Bertz CT molecular complexity index is 1260. The molecule has 0 amide bonds. The van der Waals surface area contributed by atoms with Gasteiger partial charge >= 0.3 is 0 Å². The zero-order valence-electron chi connectivity index (χ0n) is 17.9. The molecule has 5 rings (SSSR count). The van der Waals surface area contributed by atoms with Crippen molar-refractivity contribution in [2.24, 2.45) is 5.10 Å². The van der Waals surface area contributed by atoms with Crippen molar-refractivity contribution in [1.82, 2.24) is 5.01 Å². The van der Waals surface area contributed by atoms with E-state index >= 15 is 0 Å². The zero-order valence-corrected chi connectivity index (χ0v) is 18.7. The van der Waals surface area contributed by atoms with Gasteiger partial charge in [-0.05, 0) is 42.0 Å². The van der Waals surface area contributed by atoms with Crippen molar-refractivity contribution in [1.29, 1.82) is 0 Å². The lowest BCUT2D eigenvalue weighted by molar-refractivity contribution is -0.385. The predicted octanol–water partition coefficient (Wildman–Crippen LogP) is 5.51. The minimum absolute atomic E-state index is 0.0156. The van der Waals surface area contributed by atoms with Crippen LogP contribution in [0.2, 0.25) is 5.02 Å². The van der Waals surface area contributed by atoms with E-state index in [0.717, 1.165) is 22.4 Å². The van der Waals surface area contributed by atoms with Gasteiger partial charge < -0.3 is 14.2 Å². The van der Waals surface area contributed by atoms with E-state index in [2.05, 4.69) is 0 Å². The van der Waals surface area contributed by atoms with Gasteiger partial charge in [-0.1, -0.05) is 23.7 Å². The highest BCUT2D eigenvalue weighted by molar-refractivity contribution is 6.30. The summed E-state index contributed by atoms with van der Waals surface area (Å²) in [6.07, 6.45) is 0.0247. The molecule has 0 fully saturated rings. The summed E-state index contributed by atoms with van der Waals surface area (Å²) in [4.78, 5) is 11.0. The van der Waals surface area contributed by atoms with Crippen molar-refractivity contribution < 1.29 is 19.1 Å². The van der Waals surface area contributed by atoms with Crippen LogP contribution in [0.3, 0.4) is 0 Å². The van der Waals surface area contributed by atoms with Crippen LogP contribution in [0.15, 0.2) is 65.8 Å². The number of rotatable bonds is 5. The number of benzene rings is 3. The molecule has 3 aromatic rings. The van der Waals surface area contributed by atoms with Crippen molar-refractivity contribution in [3.63, 3.8) is 0 Å². The highest BCUT2D eigenvalue weighted by Crippen LogP contribution is 2.49. The summed E-state index contributed by atoms with van der Waals surface area (Å²) in [5.74, 6) is 1.77. The van der Waals surface area contributed by atoms with Gasteiger partial charge in [0.1, 0.15) is 5.75 Å². The van der Waals surface area contributed by atoms with Gasteiger partial charge in [-0.25, -0.2) is 5.01 Å². The Kier molecular flexibility index (Phi) is 5.30. The maximum absolute atomic E-state index is 11.4. The monoisotopic (exact) mass is 465 g/mol. The van der Waals surface area contributed by atoms with Crippen LogP contribution in [-0.4, -0.2) is 29.9 Å². The first-order chi connectivity index (χ1) is 16.0. The third kappa shape index (κ3) is 3.72. The molecule has 2 heterocycles. The van der Waals surface area contributed by atoms with E-state index in [1.165, 1.54) is 6.07 Å². The molecule has 0 N–H and O–H groups in total. The Balaban J connectivity index is 1.61. The molecule has 9 heteroatoms. The number of non-ortho nitro benzene ring substituents is 1. The average molecular weight is 466 g/mol. The molecule has 0 unspecified atom stereocenters. The first-order valence-corrected chi connectivity index (χ1v) is 10.6. The molecule has 0 spiro atoms. The summed E-state index contributed by atoms with van der Waals surface area (Å²) in [5.41, 5.74) is 3.36. The molecule has 168 valence electrons. The SMILES string of the molecule is COc1ccc([C@@H]2Oc3ccc([N+](=O)[O-])cc3[C@@H]3CC(c4ccc(Cl)cc4)=NN32)cc1OC. The Morgan fingerprint density at radius 3 is 2.52 bits per heavy atom.